The van der Waals surface area contributed by atoms with Crippen molar-refractivity contribution in [2.45, 2.75) is 18.9 Å². The van der Waals surface area contributed by atoms with E-state index >= 15 is 0 Å². The first-order valence-corrected chi connectivity index (χ1v) is 7.43. The third kappa shape index (κ3) is 4.13. The normalized spacial score (nSPS) is 15.3. The first kappa shape index (κ1) is 16.2. The minimum Gasteiger partial charge on any atom is -0.489 e. The average Bonchev–Trinajstić information content (AvgIpc) is 2.51. The molecule has 4 heteroatoms. The highest BCUT2D eigenvalue weighted by atomic mass is 35.5. The van der Waals surface area contributed by atoms with Crippen molar-refractivity contribution in [1.82, 2.24) is 5.32 Å². The molecule has 2 aromatic carbocycles. The molecule has 0 unspecified atom stereocenters. The maximum Gasteiger partial charge on any atom is 0.138 e. The summed E-state index contributed by atoms with van der Waals surface area (Å²) in [5.41, 5.74) is 2.29. The topological polar surface area (TPSA) is 21.3 Å². The second-order valence-corrected chi connectivity index (χ2v) is 5.49. The summed E-state index contributed by atoms with van der Waals surface area (Å²) in [6.07, 6.45) is 2.35. The molecular formula is C17H19Cl2NO. The molecule has 0 bridgehead atoms. The fourth-order valence-electron chi connectivity index (χ4n) is 2.50. The maximum atomic E-state index is 6.36. The first-order valence-electron chi connectivity index (χ1n) is 7.05. The lowest BCUT2D eigenvalue weighted by Gasteiger charge is -2.24. The number of nitrogens with one attached hydrogen (secondary N) is 1. The molecular weight excluding hydrogens is 305 g/mol. The van der Waals surface area contributed by atoms with Gasteiger partial charge in [-0.05, 0) is 49.2 Å². The number of hydrogen-bond donors (Lipinski definition) is 1. The second kappa shape index (κ2) is 7.69. The Bertz CT molecular complexity index is 568. The van der Waals surface area contributed by atoms with Crippen LogP contribution in [0.3, 0.4) is 0 Å². The van der Waals surface area contributed by atoms with Gasteiger partial charge in [0.1, 0.15) is 11.9 Å². The van der Waals surface area contributed by atoms with Crippen LogP contribution >= 0.6 is 24.0 Å². The van der Waals surface area contributed by atoms with Gasteiger partial charge in [-0.15, -0.1) is 12.4 Å². The van der Waals surface area contributed by atoms with E-state index in [4.69, 9.17) is 16.3 Å². The molecule has 2 nitrogen and oxygen atoms in total. The fraction of sp³-hybridized carbons (Fsp3) is 0.294. The molecule has 1 saturated heterocycles. The molecule has 21 heavy (non-hydrogen) atoms. The monoisotopic (exact) mass is 323 g/mol. The number of piperidine rings is 1. The summed E-state index contributed by atoms with van der Waals surface area (Å²) in [4.78, 5) is 0. The predicted octanol–water partition coefficient (Wildman–Crippen LogP) is 4.56. The largest absolute Gasteiger partial charge is 0.489 e. The molecule has 1 aliphatic rings. The van der Waals surface area contributed by atoms with Crippen molar-refractivity contribution in [1.29, 1.82) is 0 Å². The van der Waals surface area contributed by atoms with Gasteiger partial charge in [0, 0.05) is 0 Å². The van der Waals surface area contributed by atoms with Gasteiger partial charge in [-0.1, -0.05) is 48.0 Å². The zero-order chi connectivity index (χ0) is 13.8. The van der Waals surface area contributed by atoms with Crippen molar-refractivity contribution in [2.24, 2.45) is 0 Å². The molecule has 0 atom stereocenters. The number of rotatable bonds is 3. The van der Waals surface area contributed by atoms with Crippen LogP contribution in [0.1, 0.15) is 12.8 Å². The van der Waals surface area contributed by atoms with Crippen molar-refractivity contribution < 1.29 is 4.74 Å². The Morgan fingerprint density at radius 3 is 2.33 bits per heavy atom. The Balaban J connectivity index is 0.00000161. The lowest BCUT2D eigenvalue weighted by molar-refractivity contribution is 0.162. The van der Waals surface area contributed by atoms with Crippen LogP contribution in [-0.4, -0.2) is 19.2 Å². The van der Waals surface area contributed by atoms with Gasteiger partial charge in [0.15, 0.2) is 0 Å². The zero-order valence-corrected chi connectivity index (χ0v) is 13.3. The summed E-state index contributed by atoms with van der Waals surface area (Å²) in [5.74, 6) is 0.790. The van der Waals surface area contributed by atoms with Crippen molar-refractivity contribution in [3.63, 3.8) is 0 Å². The molecule has 112 valence electrons. The smallest absolute Gasteiger partial charge is 0.138 e. The van der Waals surface area contributed by atoms with E-state index in [9.17, 15) is 0 Å². The molecule has 1 heterocycles. The highest BCUT2D eigenvalue weighted by Gasteiger charge is 2.16. The van der Waals surface area contributed by atoms with Crippen molar-refractivity contribution >= 4 is 24.0 Å². The third-order valence-electron chi connectivity index (χ3n) is 3.62. The summed E-state index contributed by atoms with van der Waals surface area (Å²) >= 11 is 6.36. The fourth-order valence-corrected chi connectivity index (χ4v) is 2.72. The Kier molecular flexibility index (Phi) is 5.92. The Hall–Kier alpha value is -1.22. The lowest BCUT2D eigenvalue weighted by Crippen LogP contribution is -2.34. The standard InChI is InChI=1S/C17H18ClNO.ClH/c18-16-12-14(13-4-2-1-3-5-13)6-7-17(16)20-15-8-10-19-11-9-15;/h1-7,12,15,19H,8-11H2;1H. The second-order valence-electron chi connectivity index (χ2n) is 5.08. The highest BCUT2D eigenvalue weighted by molar-refractivity contribution is 6.32. The van der Waals surface area contributed by atoms with Crippen molar-refractivity contribution in [3.8, 4) is 16.9 Å². The summed E-state index contributed by atoms with van der Waals surface area (Å²) in [5, 5.41) is 4.02. The van der Waals surface area contributed by atoms with Gasteiger partial charge in [-0.3, -0.25) is 0 Å². The predicted molar refractivity (Wildman–Crippen MR) is 90.7 cm³/mol. The first-order chi connectivity index (χ1) is 9.83. The number of halogens is 2. The van der Waals surface area contributed by atoms with Crippen LogP contribution in [0.5, 0.6) is 5.75 Å². The van der Waals surface area contributed by atoms with Crippen LogP contribution in [0.15, 0.2) is 48.5 Å². The van der Waals surface area contributed by atoms with E-state index in [0.717, 1.165) is 37.2 Å². The van der Waals surface area contributed by atoms with Crippen LogP contribution in [0.4, 0.5) is 0 Å². The molecule has 1 fully saturated rings. The summed E-state index contributed by atoms with van der Waals surface area (Å²) in [6.45, 7) is 2.04. The summed E-state index contributed by atoms with van der Waals surface area (Å²) < 4.78 is 6.00. The number of hydrogen-bond acceptors (Lipinski definition) is 2. The molecule has 3 rings (SSSR count). The molecule has 0 amide bonds. The quantitative estimate of drug-likeness (QED) is 0.894. The van der Waals surface area contributed by atoms with E-state index in [1.165, 1.54) is 5.56 Å². The van der Waals surface area contributed by atoms with Gasteiger partial charge in [-0.2, -0.15) is 0 Å². The van der Waals surface area contributed by atoms with Crippen LogP contribution in [-0.2, 0) is 0 Å². The van der Waals surface area contributed by atoms with Crippen molar-refractivity contribution in [3.05, 3.63) is 53.6 Å². The van der Waals surface area contributed by atoms with Gasteiger partial charge in [0.2, 0.25) is 0 Å². The summed E-state index contributed by atoms with van der Waals surface area (Å²) in [7, 11) is 0. The van der Waals surface area contributed by atoms with E-state index < -0.39 is 0 Å². The molecule has 1 N–H and O–H groups in total. The average molecular weight is 324 g/mol. The molecule has 1 aliphatic heterocycles. The van der Waals surface area contributed by atoms with Crippen LogP contribution in [0.2, 0.25) is 5.02 Å². The van der Waals surface area contributed by atoms with E-state index in [2.05, 4.69) is 23.5 Å². The van der Waals surface area contributed by atoms with E-state index in [1.54, 1.807) is 0 Å². The van der Waals surface area contributed by atoms with Crippen LogP contribution in [0.25, 0.3) is 11.1 Å². The highest BCUT2D eigenvalue weighted by Crippen LogP contribution is 2.31. The maximum absolute atomic E-state index is 6.36. The Labute approximate surface area is 136 Å². The van der Waals surface area contributed by atoms with Crippen molar-refractivity contribution in [2.75, 3.05) is 13.1 Å². The van der Waals surface area contributed by atoms with E-state index in [0.29, 0.717) is 5.02 Å². The van der Waals surface area contributed by atoms with Crippen LogP contribution in [0, 0.1) is 0 Å². The van der Waals surface area contributed by atoms with Gasteiger partial charge in [0.05, 0.1) is 5.02 Å². The van der Waals surface area contributed by atoms with Gasteiger partial charge in [0.25, 0.3) is 0 Å². The van der Waals surface area contributed by atoms with Gasteiger partial charge < -0.3 is 10.1 Å². The van der Waals surface area contributed by atoms with Gasteiger partial charge >= 0.3 is 0 Å². The molecule has 0 radical (unpaired) electrons. The lowest BCUT2D eigenvalue weighted by atomic mass is 10.1. The summed E-state index contributed by atoms with van der Waals surface area (Å²) in [6, 6.07) is 16.3. The Morgan fingerprint density at radius 1 is 0.952 bits per heavy atom. The van der Waals surface area contributed by atoms with E-state index in [1.807, 2.05) is 30.3 Å². The van der Waals surface area contributed by atoms with Gasteiger partial charge in [-0.25, -0.2) is 0 Å². The minimum absolute atomic E-state index is 0. The number of ether oxygens (including phenoxy) is 1. The zero-order valence-electron chi connectivity index (χ0n) is 11.7. The minimum atomic E-state index is 0. The Morgan fingerprint density at radius 2 is 1.67 bits per heavy atom. The molecule has 0 spiro atoms. The van der Waals surface area contributed by atoms with E-state index in [-0.39, 0.29) is 18.5 Å². The van der Waals surface area contributed by atoms with Crippen LogP contribution < -0.4 is 10.1 Å². The molecule has 0 aromatic heterocycles. The third-order valence-corrected chi connectivity index (χ3v) is 3.91. The molecule has 0 aliphatic carbocycles. The molecule has 2 aromatic rings. The SMILES string of the molecule is Cl.Clc1cc(-c2ccccc2)ccc1OC1CCNCC1. The number of benzene rings is 2. The molecule has 0 saturated carbocycles.